The van der Waals surface area contributed by atoms with Crippen LogP contribution in [0, 0.1) is 6.92 Å². The number of fused-ring (bicyclic) bond motifs is 1. The van der Waals surface area contributed by atoms with Crippen molar-refractivity contribution in [1.82, 2.24) is 19.7 Å². The van der Waals surface area contributed by atoms with Crippen LogP contribution in [0.3, 0.4) is 0 Å². The van der Waals surface area contributed by atoms with Gasteiger partial charge >= 0.3 is 0 Å². The molecule has 0 bridgehead atoms. The van der Waals surface area contributed by atoms with Gasteiger partial charge < -0.3 is 4.90 Å². The van der Waals surface area contributed by atoms with E-state index in [9.17, 15) is 0 Å². The molecule has 0 saturated carbocycles. The number of hydrogen-bond donors (Lipinski definition) is 0. The summed E-state index contributed by atoms with van der Waals surface area (Å²) in [5, 5.41) is 4.63. The molecular formula is C15H23N5. The molecule has 0 unspecified atom stereocenters. The van der Waals surface area contributed by atoms with E-state index in [2.05, 4.69) is 23.8 Å². The minimum absolute atomic E-state index is 0.861. The first-order valence-electron chi connectivity index (χ1n) is 7.73. The summed E-state index contributed by atoms with van der Waals surface area (Å²) in [7, 11) is 0. The van der Waals surface area contributed by atoms with Gasteiger partial charge in [0.2, 0.25) is 0 Å². The molecule has 1 aliphatic rings. The van der Waals surface area contributed by atoms with Crippen molar-refractivity contribution in [2.75, 3.05) is 18.0 Å². The van der Waals surface area contributed by atoms with Crippen LogP contribution in [-0.2, 0) is 13.0 Å². The van der Waals surface area contributed by atoms with Crippen molar-refractivity contribution >= 4 is 16.9 Å². The lowest BCUT2D eigenvalue weighted by Crippen LogP contribution is -2.31. The van der Waals surface area contributed by atoms with Crippen LogP contribution in [0.2, 0.25) is 0 Å². The molecule has 1 fully saturated rings. The van der Waals surface area contributed by atoms with Gasteiger partial charge in [0.05, 0.1) is 5.69 Å². The van der Waals surface area contributed by atoms with E-state index in [4.69, 9.17) is 9.97 Å². The first kappa shape index (κ1) is 13.3. The summed E-state index contributed by atoms with van der Waals surface area (Å²) in [6.45, 7) is 9.34. The number of aromatic nitrogens is 4. The lowest BCUT2D eigenvalue weighted by Gasteiger charge is -2.28. The van der Waals surface area contributed by atoms with Gasteiger partial charge in [-0.15, -0.1) is 0 Å². The summed E-state index contributed by atoms with van der Waals surface area (Å²) in [6.07, 6.45) is 4.71. The molecule has 0 N–H and O–H groups in total. The SMILES string of the molecule is CCc1nc(N2CCCCC2)c2c(n1)c(C)nn2CC. The molecule has 0 atom stereocenters. The molecule has 2 aromatic heterocycles. The van der Waals surface area contributed by atoms with Crippen molar-refractivity contribution in [2.45, 2.75) is 53.0 Å². The standard InChI is InChI=1S/C15H23N5/c1-4-12-16-13-11(3)18-20(5-2)14(13)15(17-12)19-9-7-6-8-10-19/h4-10H2,1-3H3. The summed E-state index contributed by atoms with van der Waals surface area (Å²) in [5.41, 5.74) is 3.15. The van der Waals surface area contributed by atoms with Gasteiger partial charge in [0, 0.05) is 26.1 Å². The van der Waals surface area contributed by atoms with Gasteiger partial charge in [0.15, 0.2) is 5.82 Å². The molecule has 0 radical (unpaired) electrons. The first-order valence-corrected chi connectivity index (χ1v) is 7.73. The molecule has 20 heavy (non-hydrogen) atoms. The van der Waals surface area contributed by atoms with Crippen molar-refractivity contribution in [2.24, 2.45) is 0 Å². The quantitative estimate of drug-likeness (QED) is 0.862. The van der Waals surface area contributed by atoms with E-state index >= 15 is 0 Å². The molecular weight excluding hydrogens is 250 g/mol. The molecule has 2 aromatic rings. The predicted octanol–water partition coefficient (Wildman–Crippen LogP) is 2.71. The Labute approximate surface area is 120 Å². The number of piperidine rings is 1. The topological polar surface area (TPSA) is 46.8 Å². The molecule has 3 rings (SSSR count). The maximum Gasteiger partial charge on any atom is 0.158 e. The van der Waals surface area contributed by atoms with Crippen molar-refractivity contribution in [3.8, 4) is 0 Å². The Bertz CT molecular complexity index is 610. The largest absolute Gasteiger partial charge is 0.355 e. The van der Waals surface area contributed by atoms with E-state index in [0.717, 1.165) is 54.4 Å². The number of aryl methyl sites for hydroxylation is 3. The molecule has 0 amide bonds. The average molecular weight is 273 g/mol. The Morgan fingerprint density at radius 1 is 1.05 bits per heavy atom. The van der Waals surface area contributed by atoms with Crippen LogP contribution in [0.4, 0.5) is 5.82 Å². The maximum absolute atomic E-state index is 4.82. The highest BCUT2D eigenvalue weighted by atomic mass is 15.3. The summed E-state index contributed by atoms with van der Waals surface area (Å²) in [4.78, 5) is 11.9. The first-order chi connectivity index (χ1) is 9.74. The van der Waals surface area contributed by atoms with Gasteiger partial charge in [-0.05, 0) is 33.1 Å². The van der Waals surface area contributed by atoms with E-state index < -0.39 is 0 Å². The molecule has 0 spiro atoms. The Morgan fingerprint density at radius 3 is 2.45 bits per heavy atom. The summed E-state index contributed by atoms with van der Waals surface area (Å²) in [6, 6.07) is 0. The van der Waals surface area contributed by atoms with Crippen LogP contribution in [-0.4, -0.2) is 32.8 Å². The Hall–Kier alpha value is -1.65. The second-order valence-electron chi connectivity index (χ2n) is 5.46. The molecule has 1 aliphatic heterocycles. The van der Waals surface area contributed by atoms with Crippen molar-refractivity contribution in [3.63, 3.8) is 0 Å². The van der Waals surface area contributed by atoms with E-state index in [1.807, 2.05) is 11.6 Å². The average Bonchev–Trinajstić information content (AvgIpc) is 2.84. The van der Waals surface area contributed by atoms with Crippen molar-refractivity contribution < 1.29 is 0 Å². The van der Waals surface area contributed by atoms with Gasteiger partial charge in [-0.1, -0.05) is 6.92 Å². The van der Waals surface area contributed by atoms with Gasteiger partial charge in [-0.25, -0.2) is 9.97 Å². The third-order valence-corrected chi connectivity index (χ3v) is 4.05. The van der Waals surface area contributed by atoms with E-state index in [0.29, 0.717) is 0 Å². The van der Waals surface area contributed by atoms with Crippen LogP contribution in [0.5, 0.6) is 0 Å². The van der Waals surface area contributed by atoms with Crippen molar-refractivity contribution in [3.05, 3.63) is 11.5 Å². The summed E-state index contributed by atoms with van der Waals surface area (Å²) < 4.78 is 2.05. The maximum atomic E-state index is 4.82. The number of rotatable bonds is 3. The zero-order valence-corrected chi connectivity index (χ0v) is 12.7. The third kappa shape index (κ3) is 2.15. The molecule has 3 heterocycles. The van der Waals surface area contributed by atoms with Crippen LogP contribution in [0.25, 0.3) is 11.0 Å². The van der Waals surface area contributed by atoms with Crippen molar-refractivity contribution in [1.29, 1.82) is 0 Å². The minimum Gasteiger partial charge on any atom is -0.355 e. The van der Waals surface area contributed by atoms with Gasteiger partial charge in [-0.2, -0.15) is 5.10 Å². The Morgan fingerprint density at radius 2 is 1.80 bits per heavy atom. The fourth-order valence-corrected chi connectivity index (χ4v) is 2.97. The molecule has 0 aliphatic carbocycles. The highest BCUT2D eigenvalue weighted by Gasteiger charge is 2.21. The molecule has 1 saturated heterocycles. The second kappa shape index (κ2) is 5.38. The van der Waals surface area contributed by atoms with Crippen LogP contribution in [0.15, 0.2) is 0 Å². The van der Waals surface area contributed by atoms with Gasteiger partial charge in [0.1, 0.15) is 16.9 Å². The summed E-state index contributed by atoms with van der Waals surface area (Å²) >= 11 is 0. The van der Waals surface area contributed by atoms with E-state index in [-0.39, 0.29) is 0 Å². The Kier molecular flexibility index (Phi) is 3.59. The number of anilines is 1. The number of nitrogens with zero attached hydrogens (tertiary/aromatic N) is 5. The zero-order chi connectivity index (χ0) is 14.1. The predicted molar refractivity (Wildman–Crippen MR) is 81.2 cm³/mol. The lowest BCUT2D eigenvalue weighted by atomic mass is 10.1. The van der Waals surface area contributed by atoms with E-state index in [1.165, 1.54) is 19.3 Å². The lowest BCUT2D eigenvalue weighted by molar-refractivity contribution is 0.571. The summed E-state index contributed by atoms with van der Waals surface area (Å²) in [5.74, 6) is 2.02. The fraction of sp³-hybridized carbons (Fsp3) is 0.667. The highest BCUT2D eigenvalue weighted by molar-refractivity contribution is 5.88. The zero-order valence-electron chi connectivity index (χ0n) is 12.7. The van der Waals surface area contributed by atoms with Crippen LogP contribution < -0.4 is 4.90 Å². The van der Waals surface area contributed by atoms with Gasteiger partial charge in [-0.3, -0.25) is 4.68 Å². The van der Waals surface area contributed by atoms with Crippen LogP contribution in [0.1, 0.15) is 44.6 Å². The molecule has 108 valence electrons. The molecule has 5 heteroatoms. The highest BCUT2D eigenvalue weighted by Crippen LogP contribution is 2.28. The third-order valence-electron chi connectivity index (χ3n) is 4.05. The number of hydrogen-bond acceptors (Lipinski definition) is 4. The normalized spacial score (nSPS) is 16.1. The fourth-order valence-electron chi connectivity index (χ4n) is 2.97. The smallest absolute Gasteiger partial charge is 0.158 e. The molecule has 5 nitrogen and oxygen atoms in total. The van der Waals surface area contributed by atoms with Gasteiger partial charge in [0.25, 0.3) is 0 Å². The van der Waals surface area contributed by atoms with Crippen LogP contribution >= 0.6 is 0 Å². The minimum atomic E-state index is 0.861. The molecule has 0 aromatic carbocycles. The second-order valence-corrected chi connectivity index (χ2v) is 5.46. The monoisotopic (exact) mass is 273 g/mol. The Balaban J connectivity index is 2.21. The van der Waals surface area contributed by atoms with E-state index in [1.54, 1.807) is 0 Å².